The van der Waals surface area contributed by atoms with Crippen molar-refractivity contribution in [2.45, 2.75) is 39.7 Å². The Morgan fingerprint density at radius 1 is 1.48 bits per heavy atom. The third-order valence-electron chi connectivity index (χ3n) is 4.28. The summed E-state index contributed by atoms with van der Waals surface area (Å²) in [7, 11) is -2.81. The minimum absolute atomic E-state index is 0.282. The fraction of sp³-hybridized carbons (Fsp3) is 0.800. The van der Waals surface area contributed by atoms with Gasteiger partial charge in [-0.15, -0.1) is 0 Å². The number of nitrogens with one attached hydrogen (secondary N) is 1. The molecule has 2 rings (SSSR count). The zero-order valence-corrected chi connectivity index (χ0v) is 13.9. The molecular weight excluding hydrogens is 286 g/mol. The van der Waals surface area contributed by atoms with Gasteiger partial charge in [0, 0.05) is 12.7 Å². The molecule has 1 saturated heterocycles. The molecule has 0 aromatic carbocycles. The van der Waals surface area contributed by atoms with Crippen LogP contribution in [0.1, 0.15) is 32.3 Å². The summed E-state index contributed by atoms with van der Waals surface area (Å²) in [6, 6.07) is 0. The second-order valence-corrected chi connectivity index (χ2v) is 8.26. The predicted octanol–water partition coefficient (Wildman–Crippen LogP) is 1.50. The normalized spacial score (nSPS) is 22.5. The maximum Gasteiger partial charge on any atom is 0.150 e. The van der Waals surface area contributed by atoms with Crippen LogP contribution in [0.25, 0.3) is 0 Å². The summed E-state index contributed by atoms with van der Waals surface area (Å²) < 4.78 is 25.4. The molecule has 0 spiro atoms. The summed E-state index contributed by atoms with van der Waals surface area (Å²) in [5.74, 6) is 1.37. The van der Waals surface area contributed by atoms with Crippen molar-refractivity contribution >= 4 is 9.84 Å². The van der Waals surface area contributed by atoms with Crippen LogP contribution in [0.2, 0.25) is 0 Å². The smallest absolute Gasteiger partial charge is 0.150 e. The van der Waals surface area contributed by atoms with E-state index in [9.17, 15) is 8.42 Å². The van der Waals surface area contributed by atoms with Crippen LogP contribution >= 0.6 is 0 Å². The van der Waals surface area contributed by atoms with Gasteiger partial charge in [-0.1, -0.05) is 6.92 Å². The lowest BCUT2D eigenvalue weighted by molar-refractivity contribution is 0.343. The molecule has 0 amide bonds. The van der Waals surface area contributed by atoms with Crippen LogP contribution in [0.15, 0.2) is 12.4 Å². The lowest BCUT2D eigenvalue weighted by Crippen LogP contribution is -2.31. The third-order valence-corrected chi connectivity index (χ3v) is 6.07. The van der Waals surface area contributed by atoms with Crippen LogP contribution in [0.5, 0.6) is 0 Å². The Kier molecular flexibility index (Phi) is 5.81. The van der Waals surface area contributed by atoms with E-state index in [0.29, 0.717) is 17.4 Å². The first kappa shape index (κ1) is 16.5. The van der Waals surface area contributed by atoms with E-state index in [-0.39, 0.29) is 5.92 Å². The van der Waals surface area contributed by atoms with E-state index in [2.05, 4.69) is 30.5 Å². The first-order valence-electron chi connectivity index (χ1n) is 7.96. The maximum absolute atomic E-state index is 11.7. The maximum atomic E-state index is 11.7. The first-order valence-corrected chi connectivity index (χ1v) is 9.78. The van der Waals surface area contributed by atoms with Crippen molar-refractivity contribution < 1.29 is 8.42 Å². The van der Waals surface area contributed by atoms with Crippen molar-refractivity contribution in [2.24, 2.45) is 11.8 Å². The lowest BCUT2D eigenvalue weighted by Gasteiger charge is -2.22. The highest BCUT2D eigenvalue weighted by Crippen LogP contribution is 2.28. The molecule has 2 atom stereocenters. The van der Waals surface area contributed by atoms with Gasteiger partial charge in [0.15, 0.2) is 9.84 Å². The minimum atomic E-state index is -2.81. The molecule has 2 heterocycles. The second kappa shape index (κ2) is 7.40. The van der Waals surface area contributed by atoms with Gasteiger partial charge in [-0.2, -0.15) is 5.10 Å². The highest BCUT2D eigenvalue weighted by atomic mass is 32.2. The molecular formula is C15H27N3O2S. The molecule has 1 aromatic rings. The molecule has 0 radical (unpaired) electrons. The molecule has 1 aromatic heterocycles. The van der Waals surface area contributed by atoms with E-state index >= 15 is 0 Å². The molecule has 120 valence electrons. The Morgan fingerprint density at radius 3 is 2.86 bits per heavy atom. The van der Waals surface area contributed by atoms with Crippen molar-refractivity contribution in [3.8, 4) is 0 Å². The van der Waals surface area contributed by atoms with Gasteiger partial charge in [-0.25, -0.2) is 8.42 Å². The first-order chi connectivity index (χ1) is 10.0. The summed E-state index contributed by atoms with van der Waals surface area (Å²) in [6.07, 6.45) is 6.82. The van der Waals surface area contributed by atoms with E-state index < -0.39 is 9.84 Å². The minimum Gasteiger partial charge on any atom is -0.316 e. The highest BCUT2D eigenvalue weighted by Gasteiger charge is 2.33. The van der Waals surface area contributed by atoms with Crippen LogP contribution in [0, 0.1) is 11.8 Å². The topological polar surface area (TPSA) is 64.0 Å². The van der Waals surface area contributed by atoms with Crippen molar-refractivity contribution in [2.75, 3.05) is 24.6 Å². The fourth-order valence-electron chi connectivity index (χ4n) is 3.05. The van der Waals surface area contributed by atoms with E-state index in [4.69, 9.17) is 0 Å². The van der Waals surface area contributed by atoms with Gasteiger partial charge in [-0.05, 0) is 56.7 Å². The van der Waals surface area contributed by atoms with Gasteiger partial charge in [0.1, 0.15) is 0 Å². The Balaban J connectivity index is 2.01. The van der Waals surface area contributed by atoms with Gasteiger partial charge in [0.05, 0.1) is 17.7 Å². The second-order valence-electron chi connectivity index (χ2n) is 6.04. The number of sulfone groups is 1. The molecule has 0 saturated carbocycles. The Morgan fingerprint density at radius 2 is 2.29 bits per heavy atom. The van der Waals surface area contributed by atoms with Gasteiger partial charge in [-0.3, -0.25) is 4.68 Å². The molecule has 6 heteroatoms. The molecule has 2 unspecified atom stereocenters. The Hall–Kier alpha value is -0.880. The van der Waals surface area contributed by atoms with E-state index in [1.54, 1.807) is 0 Å². The SMILES string of the molecule is CCCNCC(Cc1cnn(CC)c1)C1CCS(=O)(=O)C1. The molecule has 5 nitrogen and oxygen atoms in total. The van der Waals surface area contributed by atoms with Crippen LogP contribution < -0.4 is 5.32 Å². The van der Waals surface area contributed by atoms with Crippen molar-refractivity contribution in [3.63, 3.8) is 0 Å². The number of hydrogen-bond donors (Lipinski definition) is 1. The van der Waals surface area contributed by atoms with E-state index in [0.717, 1.165) is 38.9 Å². The molecule has 1 aliphatic heterocycles. The number of rotatable bonds is 8. The van der Waals surface area contributed by atoms with Gasteiger partial charge in [0.2, 0.25) is 0 Å². The zero-order chi connectivity index (χ0) is 15.3. The van der Waals surface area contributed by atoms with Gasteiger partial charge >= 0.3 is 0 Å². The average molecular weight is 313 g/mol. The molecule has 1 aliphatic rings. The number of aryl methyl sites for hydroxylation is 1. The standard InChI is InChI=1S/C15H27N3O2S/c1-3-6-16-10-15(14-5-7-21(19,20)12-14)8-13-9-17-18(4-2)11-13/h9,11,14-16H,3-8,10,12H2,1-2H3. The summed E-state index contributed by atoms with van der Waals surface area (Å²) in [5, 5.41) is 7.78. The van der Waals surface area contributed by atoms with E-state index in [1.807, 2.05) is 10.9 Å². The fourth-order valence-corrected chi connectivity index (χ4v) is 4.97. The Labute approximate surface area is 128 Å². The number of hydrogen-bond acceptors (Lipinski definition) is 4. The summed E-state index contributed by atoms with van der Waals surface area (Å²) >= 11 is 0. The zero-order valence-electron chi connectivity index (χ0n) is 13.1. The van der Waals surface area contributed by atoms with Crippen LogP contribution in [0.4, 0.5) is 0 Å². The van der Waals surface area contributed by atoms with Gasteiger partial charge < -0.3 is 5.32 Å². The predicted molar refractivity (Wildman–Crippen MR) is 85.0 cm³/mol. The van der Waals surface area contributed by atoms with E-state index in [1.165, 1.54) is 5.56 Å². The Bertz CT molecular complexity index is 539. The molecule has 1 fully saturated rings. The highest BCUT2D eigenvalue weighted by molar-refractivity contribution is 7.91. The molecule has 21 heavy (non-hydrogen) atoms. The van der Waals surface area contributed by atoms with Crippen molar-refractivity contribution in [3.05, 3.63) is 18.0 Å². The van der Waals surface area contributed by atoms with Crippen LogP contribution in [-0.2, 0) is 22.8 Å². The van der Waals surface area contributed by atoms with Crippen molar-refractivity contribution in [1.29, 1.82) is 0 Å². The van der Waals surface area contributed by atoms with Gasteiger partial charge in [0.25, 0.3) is 0 Å². The number of aromatic nitrogens is 2. The summed E-state index contributed by atoms with van der Waals surface area (Å²) in [6.45, 7) is 6.97. The lowest BCUT2D eigenvalue weighted by atomic mass is 9.87. The van der Waals surface area contributed by atoms with Crippen LogP contribution in [-0.4, -0.2) is 42.8 Å². The molecule has 0 bridgehead atoms. The largest absolute Gasteiger partial charge is 0.316 e. The summed E-state index contributed by atoms with van der Waals surface area (Å²) in [4.78, 5) is 0. The number of nitrogens with zero attached hydrogens (tertiary/aromatic N) is 2. The quantitative estimate of drug-likeness (QED) is 0.739. The average Bonchev–Trinajstić information content (AvgIpc) is 3.04. The van der Waals surface area contributed by atoms with Crippen molar-refractivity contribution in [1.82, 2.24) is 15.1 Å². The third kappa shape index (κ3) is 4.81. The van der Waals surface area contributed by atoms with Crippen LogP contribution in [0.3, 0.4) is 0 Å². The molecule has 0 aliphatic carbocycles. The monoisotopic (exact) mass is 313 g/mol. The molecule has 1 N–H and O–H groups in total. The summed E-state index contributed by atoms with van der Waals surface area (Å²) in [5.41, 5.74) is 1.21.